The maximum atomic E-state index is 12.6. The van der Waals surface area contributed by atoms with Crippen LogP contribution in [0.3, 0.4) is 0 Å². The number of Topliss-reactive ketones (excluding diaryl/α,β-unsaturated/α-hetero) is 1. The number of carbonyl (C=O) groups excluding carboxylic acids is 1. The molecular weight excluding hydrogens is 280 g/mol. The smallest absolute Gasteiger partial charge is 0.159 e. The first-order valence-electron chi connectivity index (χ1n) is 8.12. The molecule has 22 heavy (non-hydrogen) atoms. The van der Waals surface area contributed by atoms with Crippen LogP contribution in [-0.4, -0.2) is 34.2 Å². The summed E-state index contributed by atoms with van der Waals surface area (Å²) >= 11 is 0. The summed E-state index contributed by atoms with van der Waals surface area (Å²) in [7, 11) is 0. The number of carbonyl (C=O) groups is 1. The highest BCUT2D eigenvalue weighted by atomic mass is 16.5. The minimum Gasteiger partial charge on any atom is -0.395 e. The van der Waals surface area contributed by atoms with E-state index in [9.17, 15) is 9.90 Å². The van der Waals surface area contributed by atoms with E-state index < -0.39 is 11.0 Å². The van der Waals surface area contributed by atoms with Gasteiger partial charge in [0.1, 0.15) is 5.76 Å². The molecule has 0 amide bonds. The Kier molecular flexibility index (Phi) is 5.07. The highest BCUT2D eigenvalue weighted by Gasteiger charge is 2.32. The van der Waals surface area contributed by atoms with Gasteiger partial charge in [0.05, 0.1) is 24.3 Å². The summed E-state index contributed by atoms with van der Waals surface area (Å²) in [6.07, 6.45) is 5.00. The molecule has 1 aliphatic rings. The Hall–Kier alpha value is -1.20. The first-order chi connectivity index (χ1) is 10.2. The van der Waals surface area contributed by atoms with Crippen LogP contribution in [0.25, 0.3) is 0 Å². The van der Waals surface area contributed by atoms with Crippen LogP contribution in [0, 0.1) is 0 Å². The van der Waals surface area contributed by atoms with Gasteiger partial charge >= 0.3 is 0 Å². The van der Waals surface area contributed by atoms with Crippen molar-refractivity contribution >= 4 is 5.78 Å². The van der Waals surface area contributed by atoms with Crippen LogP contribution in [0.1, 0.15) is 64.8 Å². The lowest BCUT2D eigenvalue weighted by Crippen LogP contribution is -2.51. The maximum Gasteiger partial charge on any atom is 0.159 e. The van der Waals surface area contributed by atoms with E-state index >= 15 is 0 Å². The average molecular weight is 308 g/mol. The fourth-order valence-corrected chi connectivity index (χ4v) is 2.84. The molecule has 1 aromatic heterocycles. The Morgan fingerprint density at radius 1 is 1.36 bits per heavy atom. The zero-order chi connectivity index (χ0) is 16.4. The van der Waals surface area contributed by atoms with Crippen LogP contribution >= 0.6 is 0 Å². The van der Waals surface area contributed by atoms with Gasteiger partial charge in [-0.1, -0.05) is 31.8 Å². The molecule has 0 aliphatic heterocycles. The van der Waals surface area contributed by atoms with Crippen LogP contribution < -0.4 is 5.32 Å². The predicted molar refractivity (Wildman–Crippen MR) is 84.8 cm³/mol. The molecule has 0 unspecified atom stereocenters. The summed E-state index contributed by atoms with van der Waals surface area (Å²) < 4.78 is 5.28. The fraction of sp³-hybridized carbons (Fsp3) is 0.765. The van der Waals surface area contributed by atoms with Crippen molar-refractivity contribution in [1.29, 1.82) is 0 Å². The molecule has 0 atom stereocenters. The van der Waals surface area contributed by atoms with E-state index in [2.05, 4.69) is 10.5 Å². The topological polar surface area (TPSA) is 75.4 Å². The maximum absolute atomic E-state index is 12.6. The van der Waals surface area contributed by atoms with E-state index in [0.29, 0.717) is 17.5 Å². The highest BCUT2D eigenvalue weighted by molar-refractivity contribution is 5.89. The quantitative estimate of drug-likeness (QED) is 0.809. The van der Waals surface area contributed by atoms with Crippen molar-refractivity contribution in [2.45, 2.75) is 76.8 Å². The summed E-state index contributed by atoms with van der Waals surface area (Å²) in [5, 5.41) is 16.8. The molecule has 124 valence electrons. The first kappa shape index (κ1) is 17.2. The number of hydrogen-bond acceptors (Lipinski definition) is 5. The molecule has 2 N–H and O–H groups in total. The van der Waals surface area contributed by atoms with Crippen LogP contribution in [0.5, 0.6) is 0 Å². The monoisotopic (exact) mass is 308 g/mol. The third-order valence-corrected chi connectivity index (χ3v) is 4.60. The standard InChI is InChI=1S/C17H28N2O3/c1-16(2,11-20)14-9-13(22-19-14)10-15(21)17(3,4)18-12-7-5-6-8-12/h9,12,18,20H,5-8,10-11H2,1-4H3. The summed E-state index contributed by atoms with van der Waals surface area (Å²) in [6, 6.07) is 2.22. The van der Waals surface area contributed by atoms with Gasteiger partial charge in [-0.3, -0.25) is 4.79 Å². The van der Waals surface area contributed by atoms with Crippen molar-refractivity contribution in [2.24, 2.45) is 0 Å². The molecule has 0 bridgehead atoms. The van der Waals surface area contributed by atoms with Crippen molar-refractivity contribution in [3.63, 3.8) is 0 Å². The molecule has 1 heterocycles. The number of rotatable bonds is 7. The van der Waals surface area contributed by atoms with Crippen LogP contribution in [0.15, 0.2) is 10.6 Å². The molecule has 0 aromatic carbocycles. The van der Waals surface area contributed by atoms with Gasteiger partial charge in [0, 0.05) is 17.5 Å². The molecule has 2 rings (SSSR count). The number of nitrogens with one attached hydrogen (secondary N) is 1. The van der Waals surface area contributed by atoms with E-state index in [4.69, 9.17) is 4.52 Å². The number of aromatic nitrogens is 1. The zero-order valence-corrected chi connectivity index (χ0v) is 14.1. The Morgan fingerprint density at radius 2 is 2.00 bits per heavy atom. The van der Waals surface area contributed by atoms with E-state index in [0.717, 1.165) is 12.8 Å². The zero-order valence-electron chi connectivity index (χ0n) is 14.1. The van der Waals surface area contributed by atoms with Crippen molar-refractivity contribution < 1.29 is 14.4 Å². The molecule has 1 aromatic rings. The number of nitrogens with zero attached hydrogens (tertiary/aromatic N) is 1. The fourth-order valence-electron chi connectivity index (χ4n) is 2.84. The van der Waals surface area contributed by atoms with E-state index in [-0.39, 0.29) is 18.8 Å². The van der Waals surface area contributed by atoms with Gasteiger partial charge in [-0.15, -0.1) is 0 Å². The second kappa shape index (κ2) is 6.50. The molecule has 5 heteroatoms. The molecule has 5 nitrogen and oxygen atoms in total. The van der Waals surface area contributed by atoms with Gasteiger partial charge in [-0.25, -0.2) is 0 Å². The predicted octanol–water partition coefficient (Wildman–Crippen LogP) is 2.37. The lowest BCUT2D eigenvalue weighted by atomic mass is 9.89. The molecule has 1 fully saturated rings. The minimum absolute atomic E-state index is 0.0123. The van der Waals surface area contributed by atoms with Crippen molar-refractivity contribution in [3.8, 4) is 0 Å². The molecular formula is C17H28N2O3. The second-order valence-corrected chi connectivity index (χ2v) is 7.57. The van der Waals surface area contributed by atoms with Crippen molar-refractivity contribution in [1.82, 2.24) is 10.5 Å². The summed E-state index contributed by atoms with van der Waals surface area (Å²) in [6.45, 7) is 7.64. The lowest BCUT2D eigenvalue weighted by molar-refractivity contribution is -0.124. The molecule has 0 radical (unpaired) electrons. The van der Waals surface area contributed by atoms with Gasteiger partial charge in [0.15, 0.2) is 5.78 Å². The number of aliphatic hydroxyl groups excluding tert-OH is 1. The van der Waals surface area contributed by atoms with Crippen molar-refractivity contribution in [2.75, 3.05) is 6.61 Å². The highest BCUT2D eigenvalue weighted by Crippen LogP contribution is 2.24. The van der Waals surface area contributed by atoms with Gasteiger partial charge < -0.3 is 14.9 Å². The average Bonchev–Trinajstić information content (AvgIpc) is 3.10. The van der Waals surface area contributed by atoms with Crippen LogP contribution in [0.2, 0.25) is 0 Å². The number of aliphatic hydroxyl groups is 1. The van der Waals surface area contributed by atoms with Gasteiger partial charge in [-0.2, -0.15) is 0 Å². The summed E-state index contributed by atoms with van der Waals surface area (Å²) in [5.74, 6) is 0.659. The third-order valence-electron chi connectivity index (χ3n) is 4.60. The number of hydrogen-bond donors (Lipinski definition) is 2. The Bertz CT molecular complexity index is 514. The second-order valence-electron chi connectivity index (χ2n) is 7.57. The van der Waals surface area contributed by atoms with E-state index in [1.807, 2.05) is 27.7 Å². The van der Waals surface area contributed by atoms with E-state index in [1.54, 1.807) is 6.07 Å². The van der Waals surface area contributed by atoms with Crippen LogP contribution in [0.4, 0.5) is 0 Å². The largest absolute Gasteiger partial charge is 0.395 e. The third kappa shape index (κ3) is 3.96. The molecule has 1 saturated carbocycles. The van der Waals surface area contributed by atoms with Crippen LogP contribution in [-0.2, 0) is 16.6 Å². The first-order valence-corrected chi connectivity index (χ1v) is 8.12. The summed E-state index contributed by atoms with van der Waals surface area (Å²) in [4.78, 5) is 12.6. The Balaban J connectivity index is 1.98. The normalized spacial score (nSPS) is 17.1. The van der Waals surface area contributed by atoms with E-state index in [1.165, 1.54) is 12.8 Å². The Morgan fingerprint density at radius 3 is 2.59 bits per heavy atom. The van der Waals surface area contributed by atoms with Crippen molar-refractivity contribution in [3.05, 3.63) is 17.5 Å². The van der Waals surface area contributed by atoms with Gasteiger partial charge in [0.2, 0.25) is 0 Å². The van der Waals surface area contributed by atoms with Gasteiger partial charge in [0.25, 0.3) is 0 Å². The summed E-state index contributed by atoms with van der Waals surface area (Å²) in [5.41, 5.74) is -0.337. The van der Waals surface area contributed by atoms with Gasteiger partial charge in [-0.05, 0) is 26.7 Å². The Labute approximate surface area is 132 Å². The molecule has 1 aliphatic carbocycles. The number of ketones is 1. The lowest BCUT2D eigenvalue weighted by Gasteiger charge is -2.28. The SMILES string of the molecule is CC(C)(NC1CCCC1)C(=O)Cc1cc(C(C)(C)CO)no1. The molecule has 0 saturated heterocycles. The minimum atomic E-state index is -0.561. The molecule has 0 spiro atoms.